The molecule has 2 fully saturated rings. The summed E-state index contributed by atoms with van der Waals surface area (Å²) >= 11 is 0. The molecule has 1 aromatic heterocycles. The van der Waals surface area contributed by atoms with Gasteiger partial charge in [-0.15, -0.1) is 0 Å². The Hall–Kier alpha value is -1.36. The summed E-state index contributed by atoms with van der Waals surface area (Å²) in [4.78, 5) is 10.6. The number of hydrogen-bond donors (Lipinski definition) is 1. The molecule has 86 valence electrons. The molecule has 2 atom stereocenters. The van der Waals surface area contributed by atoms with Gasteiger partial charge in [-0.3, -0.25) is 0 Å². The molecule has 5 heteroatoms. The Morgan fingerprint density at radius 2 is 2.00 bits per heavy atom. The Labute approximate surface area is 94.6 Å². The molecule has 2 unspecified atom stereocenters. The van der Waals surface area contributed by atoms with Crippen molar-refractivity contribution in [3.63, 3.8) is 0 Å². The van der Waals surface area contributed by atoms with Crippen LogP contribution in [-0.2, 0) is 4.74 Å². The van der Waals surface area contributed by atoms with Crippen molar-refractivity contribution >= 4 is 11.6 Å². The van der Waals surface area contributed by atoms with E-state index >= 15 is 0 Å². The molecular formula is C11H16N4O. The van der Waals surface area contributed by atoms with E-state index in [2.05, 4.69) is 14.9 Å². The normalized spacial score (nSPS) is 28.4. The lowest BCUT2D eigenvalue weighted by Gasteiger charge is -2.33. The van der Waals surface area contributed by atoms with Crippen LogP contribution in [0, 0.1) is 6.92 Å². The van der Waals surface area contributed by atoms with Crippen LogP contribution in [0.2, 0.25) is 0 Å². The third-order valence-corrected chi connectivity index (χ3v) is 3.44. The van der Waals surface area contributed by atoms with E-state index in [9.17, 15) is 0 Å². The Morgan fingerprint density at radius 3 is 2.69 bits per heavy atom. The highest BCUT2D eigenvalue weighted by atomic mass is 16.5. The lowest BCUT2D eigenvalue weighted by Crippen LogP contribution is -2.43. The summed E-state index contributed by atoms with van der Waals surface area (Å²) in [5.74, 6) is 1.54. The molecule has 2 N–H and O–H groups in total. The number of morpholine rings is 1. The van der Waals surface area contributed by atoms with Crippen LogP contribution in [0.3, 0.4) is 0 Å². The molecule has 2 saturated heterocycles. The van der Waals surface area contributed by atoms with Crippen molar-refractivity contribution in [2.24, 2.45) is 0 Å². The highest BCUT2D eigenvalue weighted by Gasteiger charge is 2.34. The van der Waals surface area contributed by atoms with Crippen molar-refractivity contribution in [1.29, 1.82) is 0 Å². The number of nitrogens with zero attached hydrogens (tertiary/aromatic N) is 3. The van der Waals surface area contributed by atoms with Crippen LogP contribution in [0.4, 0.5) is 11.6 Å². The third-order valence-electron chi connectivity index (χ3n) is 3.44. The van der Waals surface area contributed by atoms with Gasteiger partial charge in [0.25, 0.3) is 0 Å². The fourth-order valence-electron chi connectivity index (χ4n) is 2.56. The number of fused-ring (bicyclic) bond motifs is 2. The highest BCUT2D eigenvalue weighted by molar-refractivity contribution is 5.56. The summed E-state index contributed by atoms with van der Waals surface area (Å²) in [5, 5.41) is 0. The molecular weight excluding hydrogens is 204 g/mol. The summed E-state index contributed by atoms with van der Waals surface area (Å²) in [6.45, 7) is 3.82. The van der Waals surface area contributed by atoms with E-state index in [1.807, 2.05) is 6.92 Å². The van der Waals surface area contributed by atoms with Crippen LogP contribution in [-0.4, -0.2) is 35.3 Å². The minimum absolute atomic E-state index is 0.370. The first-order chi connectivity index (χ1) is 7.74. The lowest BCUT2D eigenvalue weighted by atomic mass is 10.2. The van der Waals surface area contributed by atoms with Gasteiger partial charge in [0.05, 0.1) is 12.2 Å². The van der Waals surface area contributed by atoms with Crippen molar-refractivity contribution in [2.75, 3.05) is 23.7 Å². The maximum Gasteiger partial charge on any atom is 0.137 e. The summed E-state index contributed by atoms with van der Waals surface area (Å²) < 4.78 is 5.80. The van der Waals surface area contributed by atoms with Crippen LogP contribution in [0.1, 0.15) is 18.4 Å². The van der Waals surface area contributed by atoms with Gasteiger partial charge >= 0.3 is 0 Å². The van der Waals surface area contributed by atoms with Gasteiger partial charge in [-0.2, -0.15) is 0 Å². The molecule has 0 saturated carbocycles. The first kappa shape index (κ1) is 9.84. The number of anilines is 2. The van der Waals surface area contributed by atoms with Gasteiger partial charge in [0, 0.05) is 18.7 Å². The fraction of sp³-hybridized carbons (Fsp3) is 0.636. The highest BCUT2D eigenvalue weighted by Crippen LogP contribution is 2.30. The maximum absolute atomic E-state index is 5.80. The van der Waals surface area contributed by atoms with E-state index in [0.717, 1.165) is 24.5 Å². The first-order valence-electron chi connectivity index (χ1n) is 5.71. The summed E-state index contributed by atoms with van der Waals surface area (Å²) in [5.41, 5.74) is 6.78. The predicted octanol–water partition coefficient (Wildman–Crippen LogP) is 0.735. The van der Waals surface area contributed by atoms with Crippen LogP contribution in [0.25, 0.3) is 0 Å². The van der Waals surface area contributed by atoms with Crippen molar-refractivity contribution in [3.05, 3.63) is 11.9 Å². The molecule has 5 nitrogen and oxygen atoms in total. The molecule has 0 aliphatic carbocycles. The average Bonchev–Trinajstić information content (AvgIpc) is 2.62. The monoisotopic (exact) mass is 220 g/mol. The number of ether oxygens (including phenoxy) is 1. The fourth-order valence-corrected chi connectivity index (χ4v) is 2.56. The number of nitrogen functional groups attached to an aromatic ring is 1. The topological polar surface area (TPSA) is 64.3 Å². The molecule has 0 spiro atoms. The largest absolute Gasteiger partial charge is 0.383 e. The van der Waals surface area contributed by atoms with E-state index in [0.29, 0.717) is 18.0 Å². The van der Waals surface area contributed by atoms with Gasteiger partial charge in [-0.25, -0.2) is 9.97 Å². The van der Waals surface area contributed by atoms with Crippen molar-refractivity contribution in [3.8, 4) is 0 Å². The molecule has 2 aliphatic heterocycles. The Kier molecular flexibility index (Phi) is 2.21. The maximum atomic E-state index is 5.80. The summed E-state index contributed by atoms with van der Waals surface area (Å²) in [7, 11) is 0. The Balaban J connectivity index is 1.89. The average molecular weight is 220 g/mol. The standard InChI is InChI=1S/C11H16N4O/c1-7-10(12)13-6-14-11(7)15-4-8-2-3-9(5-15)16-8/h6,8-9H,2-5H2,1H3,(H2,12,13,14). The van der Waals surface area contributed by atoms with Crippen LogP contribution >= 0.6 is 0 Å². The van der Waals surface area contributed by atoms with Gasteiger partial charge in [-0.05, 0) is 19.8 Å². The van der Waals surface area contributed by atoms with Crippen molar-refractivity contribution in [2.45, 2.75) is 32.0 Å². The zero-order chi connectivity index (χ0) is 11.1. The van der Waals surface area contributed by atoms with E-state index in [-0.39, 0.29) is 0 Å². The molecule has 16 heavy (non-hydrogen) atoms. The van der Waals surface area contributed by atoms with E-state index in [1.165, 1.54) is 19.2 Å². The smallest absolute Gasteiger partial charge is 0.137 e. The van der Waals surface area contributed by atoms with Gasteiger partial charge in [0.2, 0.25) is 0 Å². The van der Waals surface area contributed by atoms with Gasteiger partial charge in [0.15, 0.2) is 0 Å². The number of nitrogens with two attached hydrogens (primary N) is 1. The summed E-state index contributed by atoms with van der Waals surface area (Å²) in [6.07, 6.45) is 4.61. The van der Waals surface area contributed by atoms with Crippen LogP contribution in [0.15, 0.2) is 6.33 Å². The number of aromatic nitrogens is 2. The third kappa shape index (κ3) is 1.51. The Morgan fingerprint density at radius 1 is 1.31 bits per heavy atom. The molecule has 0 amide bonds. The van der Waals surface area contributed by atoms with Crippen molar-refractivity contribution < 1.29 is 4.74 Å². The molecule has 2 bridgehead atoms. The van der Waals surface area contributed by atoms with Gasteiger partial charge in [0.1, 0.15) is 18.0 Å². The first-order valence-corrected chi connectivity index (χ1v) is 5.71. The second-order valence-electron chi connectivity index (χ2n) is 4.57. The molecule has 3 heterocycles. The van der Waals surface area contributed by atoms with Crippen molar-refractivity contribution in [1.82, 2.24) is 9.97 Å². The van der Waals surface area contributed by atoms with Crippen LogP contribution in [0.5, 0.6) is 0 Å². The quantitative estimate of drug-likeness (QED) is 0.756. The van der Waals surface area contributed by atoms with Crippen LogP contribution < -0.4 is 10.6 Å². The SMILES string of the molecule is Cc1c(N)ncnc1N1CC2CCC(C1)O2. The summed E-state index contributed by atoms with van der Waals surface area (Å²) in [6, 6.07) is 0. The zero-order valence-electron chi connectivity index (χ0n) is 9.39. The minimum Gasteiger partial charge on any atom is -0.383 e. The predicted molar refractivity (Wildman–Crippen MR) is 61.3 cm³/mol. The molecule has 2 aliphatic rings. The number of rotatable bonds is 1. The van der Waals surface area contributed by atoms with E-state index in [1.54, 1.807) is 0 Å². The second-order valence-corrected chi connectivity index (χ2v) is 4.57. The number of hydrogen-bond acceptors (Lipinski definition) is 5. The Bertz CT molecular complexity index is 397. The van der Waals surface area contributed by atoms with E-state index < -0.39 is 0 Å². The molecule has 0 radical (unpaired) electrons. The zero-order valence-corrected chi connectivity index (χ0v) is 9.39. The second kappa shape index (κ2) is 3.59. The lowest BCUT2D eigenvalue weighted by molar-refractivity contribution is 0.0302. The van der Waals surface area contributed by atoms with E-state index in [4.69, 9.17) is 10.5 Å². The van der Waals surface area contributed by atoms with Gasteiger partial charge < -0.3 is 15.4 Å². The molecule has 3 rings (SSSR count). The molecule has 1 aromatic rings. The molecule has 0 aromatic carbocycles. The van der Waals surface area contributed by atoms with Gasteiger partial charge in [-0.1, -0.05) is 0 Å². The minimum atomic E-state index is 0.370.